The van der Waals surface area contributed by atoms with Gasteiger partial charge >= 0.3 is 5.97 Å². The summed E-state index contributed by atoms with van der Waals surface area (Å²) in [4.78, 5) is 23.7. The molecule has 0 saturated heterocycles. The molecule has 1 aromatic carbocycles. The molecule has 0 aliphatic heterocycles. The van der Waals surface area contributed by atoms with Crippen LogP contribution in [0.5, 0.6) is 0 Å². The molecule has 0 aliphatic carbocycles. The standard InChI is InChI=1S/C14H19NO4/c1-9(2)19-14(18)12(10(3)16)15-13(17)11-7-5-4-6-8-11/h4-10,12,16H,1-3H3,(H,15,17)/t10-,12+/m1/s1. The number of carbonyl (C=O) groups excluding carboxylic acids is 2. The maximum atomic E-state index is 11.9. The summed E-state index contributed by atoms with van der Waals surface area (Å²) < 4.78 is 5.00. The van der Waals surface area contributed by atoms with E-state index in [1.807, 2.05) is 0 Å². The van der Waals surface area contributed by atoms with Crippen LogP contribution in [0.2, 0.25) is 0 Å². The van der Waals surface area contributed by atoms with Gasteiger partial charge in [-0.15, -0.1) is 0 Å². The molecular weight excluding hydrogens is 246 g/mol. The van der Waals surface area contributed by atoms with Gasteiger partial charge in [0.1, 0.15) is 0 Å². The van der Waals surface area contributed by atoms with Crippen LogP contribution in [0.25, 0.3) is 0 Å². The summed E-state index contributed by atoms with van der Waals surface area (Å²) in [6.07, 6.45) is -1.33. The fraction of sp³-hybridized carbons (Fsp3) is 0.429. The van der Waals surface area contributed by atoms with Crippen molar-refractivity contribution >= 4 is 11.9 Å². The largest absolute Gasteiger partial charge is 0.461 e. The van der Waals surface area contributed by atoms with Crippen molar-refractivity contribution in [1.82, 2.24) is 5.32 Å². The number of aliphatic hydroxyl groups excluding tert-OH is 1. The van der Waals surface area contributed by atoms with E-state index < -0.39 is 24.0 Å². The van der Waals surface area contributed by atoms with Gasteiger partial charge in [0.25, 0.3) is 5.91 Å². The van der Waals surface area contributed by atoms with Gasteiger partial charge in [0.05, 0.1) is 12.2 Å². The van der Waals surface area contributed by atoms with Crippen LogP contribution in [-0.2, 0) is 9.53 Å². The minimum absolute atomic E-state index is 0.303. The number of nitrogens with one attached hydrogen (secondary N) is 1. The molecule has 5 heteroatoms. The van der Waals surface area contributed by atoms with Crippen molar-refractivity contribution in [2.75, 3.05) is 0 Å². The van der Waals surface area contributed by atoms with Crippen molar-refractivity contribution < 1.29 is 19.4 Å². The Morgan fingerprint density at radius 3 is 2.21 bits per heavy atom. The molecule has 104 valence electrons. The first-order valence-electron chi connectivity index (χ1n) is 6.16. The Morgan fingerprint density at radius 2 is 1.74 bits per heavy atom. The third-order valence-corrected chi connectivity index (χ3v) is 2.41. The van der Waals surface area contributed by atoms with Gasteiger partial charge in [0.15, 0.2) is 6.04 Å². The lowest BCUT2D eigenvalue weighted by Crippen LogP contribution is -2.49. The number of benzene rings is 1. The maximum Gasteiger partial charge on any atom is 0.331 e. The zero-order chi connectivity index (χ0) is 14.4. The summed E-state index contributed by atoms with van der Waals surface area (Å²) in [5.74, 6) is -1.07. The average Bonchev–Trinajstić information content (AvgIpc) is 2.35. The molecular formula is C14H19NO4. The molecule has 0 saturated carbocycles. The number of hydrogen-bond donors (Lipinski definition) is 2. The van der Waals surface area contributed by atoms with Crippen LogP contribution in [0.1, 0.15) is 31.1 Å². The molecule has 0 aliphatic rings. The monoisotopic (exact) mass is 265 g/mol. The highest BCUT2D eigenvalue weighted by atomic mass is 16.5. The Morgan fingerprint density at radius 1 is 1.16 bits per heavy atom. The average molecular weight is 265 g/mol. The van der Waals surface area contributed by atoms with Crippen LogP contribution in [0.15, 0.2) is 30.3 Å². The van der Waals surface area contributed by atoms with Gasteiger partial charge in [-0.2, -0.15) is 0 Å². The van der Waals surface area contributed by atoms with Crippen LogP contribution in [0.4, 0.5) is 0 Å². The number of aliphatic hydroxyl groups is 1. The van der Waals surface area contributed by atoms with E-state index in [1.165, 1.54) is 6.92 Å². The molecule has 2 atom stereocenters. The summed E-state index contributed by atoms with van der Waals surface area (Å²) in [6, 6.07) is 7.41. The molecule has 1 aromatic rings. The minimum Gasteiger partial charge on any atom is -0.461 e. The van der Waals surface area contributed by atoms with Crippen molar-refractivity contribution in [1.29, 1.82) is 0 Å². The smallest absolute Gasteiger partial charge is 0.331 e. The molecule has 0 radical (unpaired) electrons. The van der Waals surface area contributed by atoms with Gasteiger partial charge < -0.3 is 15.2 Å². The fourth-order valence-electron chi connectivity index (χ4n) is 1.50. The van der Waals surface area contributed by atoms with E-state index in [1.54, 1.807) is 44.2 Å². The molecule has 19 heavy (non-hydrogen) atoms. The van der Waals surface area contributed by atoms with Crippen molar-refractivity contribution in [3.8, 4) is 0 Å². The van der Waals surface area contributed by atoms with E-state index in [4.69, 9.17) is 4.74 Å². The van der Waals surface area contributed by atoms with Crippen LogP contribution < -0.4 is 5.32 Å². The van der Waals surface area contributed by atoms with Gasteiger partial charge in [0, 0.05) is 5.56 Å². The van der Waals surface area contributed by atoms with E-state index in [2.05, 4.69) is 5.32 Å². The second-order valence-electron chi connectivity index (χ2n) is 4.54. The second kappa shape index (κ2) is 6.89. The molecule has 0 heterocycles. The van der Waals surface area contributed by atoms with E-state index in [0.717, 1.165) is 0 Å². The van der Waals surface area contributed by atoms with Gasteiger partial charge in [-0.25, -0.2) is 4.79 Å². The topological polar surface area (TPSA) is 75.6 Å². The van der Waals surface area contributed by atoms with Gasteiger partial charge in [-0.05, 0) is 32.9 Å². The Hall–Kier alpha value is -1.88. The highest BCUT2D eigenvalue weighted by Crippen LogP contribution is 2.03. The van der Waals surface area contributed by atoms with Crippen LogP contribution in [-0.4, -0.2) is 35.2 Å². The zero-order valence-corrected chi connectivity index (χ0v) is 11.3. The number of rotatable bonds is 5. The van der Waals surface area contributed by atoms with E-state index in [-0.39, 0.29) is 6.10 Å². The van der Waals surface area contributed by atoms with Gasteiger partial charge in [-0.3, -0.25) is 4.79 Å². The summed E-state index contributed by atoms with van der Waals surface area (Å²) in [5, 5.41) is 12.1. The first kappa shape index (κ1) is 15.2. The van der Waals surface area contributed by atoms with Gasteiger partial charge in [-0.1, -0.05) is 18.2 Å². The highest BCUT2D eigenvalue weighted by Gasteiger charge is 2.28. The third-order valence-electron chi connectivity index (χ3n) is 2.41. The van der Waals surface area contributed by atoms with Crippen molar-refractivity contribution in [2.24, 2.45) is 0 Å². The van der Waals surface area contributed by atoms with Crippen molar-refractivity contribution in [3.05, 3.63) is 35.9 Å². The van der Waals surface area contributed by atoms with Gasteiger partial charge in [0.2, 0.25) is 0 Å². The van der Waals surface area contributed by atoms with E-state index >= 15 is 0 Å². The molecule has 0 spiro atoms. The molecule has 0 bridgehead atoms. The molecule has 0 aromatic heterocycles. The quantitative estimate of drug-likeness (QED) is 0.782. The first-order valence-corrected chi connectivity index (χ1v) is 6.16. The number of hydrogen-bond acceptors (Lipinski definition) is 4. The molecule has 1 rings (SSSR count). The Balaban J connectivity index is 2.74. The summed E-state index contributed by atoms with van der Waals surface area (Å²) in [7, 11) is 0. The van der Waals surface area contributed by atoms with Crippen LogP contribution in [0.3, 0.4) is 0 Å². The van der Waals surface area contributed by atoms with Crippen molar-refractivity contribution in [2.45, 2.75) is 39.0 Å². The lowest BCUT2D eigenvalue weighted by Gasteiger charge is -2.21. The number of amides is 1. The predicted molar refractivity (Wildman–Crippen MR) is 70.6 cm³/mol. The lowest BCUT2D eigenvalue weighted by atomic mass is 10.1. The minimum atomic E-state index is -1.07. The molecule has 1 amide bonds. The van der Waals surface area contributed by atoms with Crippen LogP contribution >= 0.6 is 0 Å². The first-order chi connectivity index (χ1) is 8.91. The Bertz CT molecular complexity index is 428. The third kappa shape index (κ3) is 4.71. The van der Waals surface area contributed by atoms with Crippen molar-refractivity contribution in [3.63, 3.8) is 0 Å². The SMILES string of the molecule is CC(C)OC(=O)[C@@H](NC(=O)c1ccccc1)[C@@H](C)O. The van der Waals surface area contributed by atoms with Crippen LogP contribution in [0, 0.1) is 0 Å². The second-order valence-corrected chi connectivity index (χ2v) is 4.54. The predicted octanol–water partition coefficient (Wildman–Crippen LogP) is 1.12. The Kier molecular flexibility index (Phi) is 5.51. The molecule has 0 fully saturated rings. The fourth-order valence-corrected chi connectivity index (χ4v) is 1.50. The number of esters is 1. The molecule has 5 nitrogen and oxygen atoms in total. The Labute approximate surface area is 112 Å². The number of ether oxygens (including phenoxy) is 1. The maximum absolute atomic E-state index is 11.9. The normalized spacial score (nSPS) is 13.7. The molecule has 2 N–H and O–H groups in total. The highest BCUT2D eigenvalue weighted by molar-refractivity contribution is 5.96. The summed E-state index contributed by atoms with van der Waals surface area (Å²) in [6.45, 7) is 4.84. The molecule has 0 unspecified atom stereocenters. The summed E-state index contributed by atoms with van der Waals surface area (Å²) >= 11 is 0. The number of carbonyl (C=O) groups is 2. The summed E-state index contributed by atoms with van der Waals surface area (Å²) in [5.41, 5.74) is 0.422. The lowest BCUT2D eigenvalue weighted by molar-refractivity contribution is -0.152. The van der Waals surface area contributed by atoms with E-state index in [9.17, 15) is 14.7 Å². The van der Waals surface area contributed by atoms with E-state index in [0.29, 0.717) is 5.56 Å². The zero-order valence-electron chi connectivity index (χ0n) is 11.3.